The number of amides is 2. The second-order valence-electron chi connectivity index (χ2n) is 9.37. The second kappa shape index (κ2) is 13.1. The maximum atomic E-state index is 13.5. The number of nitriles is 1. The highest BCUT2D eigenvalue weighted by atomic mass is 16.3. The Labute approximate surface area is 220 Å². The van der Waals surface area contributed by atoms with Crippen LogP contribution in [-0.4, -0.2) is 66.0 Å². The molecule has 1 atom stereocenters. The van der Waals surface area contributed by atoms with Crippen molar-refractivity contribution < 1.29 is 14.7 Å². The molecule has 0 aliphatic carbocycles. The lowest BCUT2D eigenvalue weighted by molar-refractivity contribution is -0.137. The summed E-state index contributed by atoms with van der Waals surface area (Å²) >= 11 is 0. The molecule has 8 heteroatoms. The predicted molar refractivity (Wildman–Crippen MR) is 146 cm³/mol. The van der Waals surface area contributed by atoms with Gasteiger partial charge >= 0.3 is 0 Å². The Morgan fingerprint density at radius 1 is 1.00 bits per heavy atom. The van der Waals surface area contributed by atoms with E-state index in [1.165, 1.54) is 0 Å². The first kappa shape index (κ1) is 28.0. The molecule has 1 heterocycles. The molecule has 0 radical (unpaired) electrons. The Kier molecular flexibility index (Phi) is 9.93. The number of hydrogen-bond acceptors (Lipinski definition) is 6. The second-order valence-corrected chi connectivity index (χ2v) is 9.37. The summed E-state index contributed by atoms with van der Waals surface area (Å²) in [6.45, 7) is 11.8. The zero-order valence-electron chi connectivity index (χ0n) is 22.4. The summed E-state index contributed by atoms with van der Waals surface area (Å²) in [6, 6.07) is 14.2. The Hall–Kier alpha value is -3.57. The van der Waals surface area contributed by atoms with E-state index >= 15 is 0 Å². The SMILES string of the molecule is CCC(CC)C(=O)Nc1ccc(N2CCN(C(C(=O)N(CC)CC)c3ccc(O)cc3)CC2)c(C#N)c1. The number of hydrogen-bond donors (Lipinski definition) is 2. The number of rotatable bonds is 10. The Bertz CT molecular complexity index is 1100. The van der Waals surface area contributed by atoms with E-state index in [-0.39, 0.29) is 23.5 Å². The molecular formula is C29H39N5O3. The Morgan fingerprint density at radius 2 is 1.62 bits per heavy atom. The van der Waals surface area contributed by atoms with Gasteiger partial charge in [0.05, 0.1) is 11.3 Å². The van der Waals surface area contributed by atoms with E-state index in [0.29, 0.717) is 50.5 Å². The summed E-state index contributed by atoms with van der Waals surface area (Å²) < 4.78 is 0. The van der Waals surface area contributed by atoms with Crippen molar-refractivity contribution in [2.24, 2.45) is 5.92 Å². The summed E-state index contributed by atoms with van der Waals surface area (Å²) in [6.07, 6.45) is 1.55. The fourth-order valence-electron chi connectivity index (χ4n) is 4.98. The molecule has 2 amide bonds. The highest BCUT2D eigenvalue weighted by Gasteiger charge is 2.33. The zero-order chi connectivity index (χ0) is 26.9. The van der Waals surface area contributed by atoms with Gasteiger partial charge in [-0.3, -0.25) is 14.5 Å². The monoisotopic (exact) mass is 505 g/mol. The summed E-state index contributed by atoms with van der Waals surface area (Å²) in [5.74, 6) is 0.165. The van der Waals surface area contributed by atoms with Crippen molar-refractivity contribution in [1.29, 1.82) is 5.26 Å². The summed E-state index contributed by atoms with van der Waals surface area (Å²) in [5.41, 5.74) is 2.84. The molecule has 198 valence electrons. The standard InChI is InChI=1S/C29H39N5O3/c1-5-21(6-2)28(36)31-24-11-14-26(23(19-24)20-30)33-15-17-34(18-16-33)27(29(37)32(7-3)8-4)22-9-12-25(35)13-10-22/h9-14,19,21,27,35H,5-8,15-18H2,1-4H3,(H,31,36). The Morgan fingerprint density at radius 3 is 2.16 bits per heavy atom. The van der Waals surface area contributed by atoms with Gasteiger partial charge in [0.25, 0.3) is 0 Å². The molecule has 0 aromatic heterocycles. The molecule has 2 aromatic carbocycles. The third-order valence-corrected chi connectivity index (χ3v) is 7.28. The first-order valence-electron chi connectivity index (χ1n) is 13.3. The lowest BCUT2D eigenvalue weighted by atomic mass is 10.0. The summed E-state index contributed by atoms with van der Waals surface area (Å²) in [7, 11) is 0. The van der Waals surface area contributed by atoms with Crippen LogP contribution in [0.3, 0.4) is 0 Å². The van der Waals surface area contributed by atoms with Gasteiger partial charge in [0.2, 0.25) is 11.8 Å². The number of nitrogens with one attached hydrogen (secondary N) is 1. The van der Waals surface area contributed by atoms with E-state index in [4.69, 9.17) is 0 Å². The number of likely N-dealkylation sites (N-methyl/N-ethyl adjacent to an activating group) is 1. The molecule has 1 unspecified atom stereocenters. The molecule has 1 aliphatic heterocycles. The predicted octanol–water partition coefficient (Wildman–Crippen LogP) is 4.37. The smallest absolute Gasteiger partial charge is 0.244 e. The number of nitrogens with zero attached hydrogens (tertiary/aromatic N) is 4. The maximum absolute atomic E-state index is 13.5. The van der Waals surface area contributed by atoms with Gasteiger partial charge in [-0.2, -0.15) is 5.26 Å². The highest BCUT2D eigenvalue weighted by molar-refractivity contribution is 5.93. The minimum absolute atomic E-state index is 0.0200. The van der Waals surface area contributed by atoms with Crippen LogP contribution in [0.1, 0.15) is 57.7 Å². The number of phenolic OH excluding ortho intramolecular Hbond substituents is 1. The molecule has 2 aromatic rings. The molecular weight excluding hydrogens is 466 g/mol. The van der Waals surface area contributed by atoms with E-state index < -0.39 is 6.04 Å². The van der Waals surface area contributed by atoms with Crippen LogP contribution in [-0.2, 0) is 9.59 Å². The average Bonchev–Trinajstić information content (AvgIpc) is 2.91. The number of piperazine rings is 1. The van der Waals surface area contributed by atoms with E-state index in [9.17, 15) is 20.0 Å². The van der Waals surface area contributed by atoms with Crippen molar-refractivity contribution in [2.75, 3.05) is 49.5 Å². The molecule has 2 N–H and O–H groups in total. The number of carbonyl (C=O) groups is 2. The van der Waals surface area contributed by atoms with Crippen molar-refractivity contribution in [1.82, 2.24) is 9.80 Å². The topological polar surface area (TPSA) is 99.9 Å². The molecule has 0 spiro atoms. The average molecular weight is 506 g/mol. The number of anilines is 2. The molecule has 1 saturated heterocycles. The van der Waals surface area contributed by atoms with Gasteiger partial charge < -0.3 is 20.2 Å². The van der Waals surface area contributed by atoms with Crippen molar-refractivity contribution >= 4 is 23.2 Å². The third kappa shape index (κ3) is 6.60. The quantitative estimate of drug-likeness (QED) is 0.497. The van der Waals surface area contributed by atoms with Crippen LogP contribution in [0.5, 0.6) is 5.75 Å². The number of aromatic hydroxyl groups is 1. The van der Waals surface area contributed by atoms with Gasteiger partial charge in [-0.1, -0.05) is 26.0 Å². The van der Waals surface area contributed by atoms with Gasteiger partial charge in [0.15, 0.2) is 0 Å². The van der Waals surface area contributed by atoms with Crippen LogP contribution in [0.25, 0.3) is 0 Å². The summed E-state index contributed by atoms with van der Waals surface area (Å²) in [5, 5.41) is 22.5. The summed E-state index contributed by atoms with van der Waals surface area (Å²) in [4.78, 5) is 32.2. The van der Waals surface area contributed by atoms with Gasteiger partial charge in [0.1, 0.15) is 17.9 Å². The van der Waals surface area contributed by atoms with Crippen LogP contribution in [0.4, 0.5) is 11.4 Å². The number of benzene rings is 2. The highest BCUT2D eigenvalue weighted by Crippen LogP contribution is 2.30. The van der Waals surface area contributed by atoms with Gasteiger partial charge in [-0.05, 0) is 62.6 Å². The van der Waals surface area contributed by atoms with Crippen molar-refractivity contribution in [3.8, 4) is 11.8 Å². The van der Waals surface area contributed by atoms with E-state index in [1.807, 2.05) is 56.9 Å². The molecule has 8 nitrogen and oxygen atoms in total. The van der Waals surface area contributed by atoms with Gasteiger partial charge in [-0.15, -0.1) is 0 Å². The fourth-order valence-corrected chi connectivity index (χ4v) is 4.98. The van der Waals surface area contributed by atoms with Gasteiger partial charge in [0, 0.05) is 50.9 Å². The molecule has 1 aliphatic rings. The number of phenols is 1. The minimum atomic E-state index is -0.430. The largest absolute Gasteiger partial charge is 0.508 e. The van der Waals surface area contributed by atoms with Crippen molar-refractivity contribution in [2.45, 2.75) is 46.6 Å². The fraction of sp³-hybridized carbons (Fsp3) is 0.483. The normalized spacial score (nSPS) is 14.8. The van der Waals surface area contributed by atoms with Crippen LogP contribution < -0.4 is 10.2 Å². The lowest BCUT2D eigenvalue weighted by Gasteiger charge is -2.41. The lowest BCUT2D eigenvalue weighted by Crippen LogP contribution is -2.51. The Balaban J connectivity index is 1.76. The van der Waals surface area contributed by atoms with Crippen LogP contribution in [0.2, 0.25) is 0 Å². The van der Waals surface area contributed by atoms with Gasteiger partial charge in [-0.25, -0.2) is 0 Å². The molecule has 3 rings (SSSR count). The van der Waals surface area contributed by atoms with Crippen LogP contribution in [0, 0.1) is 17.2 Å². The third-order valence-electron chi connectivity index (χ3n) is 7.28. The van der Waals surface area contributed by atoms with E-state index in [2.05, 4.69) is 21.2 Å². The minimum Gasteiger partial charge on any atom is -0.508 e. The zero-order valence-corrected chi connectivity index (χ0v) is 22.4. The first-order chi connectivity index (χ1) is 17.9. The van der Waals surface area contributed by atoms with Crippen LogP contribution in [0.15, 0.2) is 42.5 Å². The maximum Gasteiger partial charge on any atom is 0.244 e. The van der Waals surface area contributed by atoms with Crippen molar-refractivity contribution in [3.05, 3.63) is 53.6 Å². The first-order valence-corrected chi connectivity index (χ1v) is 13.3. The molecule has 1 fully saturated rings. The number of carbonyl (C=O) groups excluding carboxylic acids is 2. The van der Waals surface area contributed by atoms with E-state index in [0.717, 1.165) is 24.1 Å². The van der Waals surface area contributed by atoms with E-state index in [1.54, 1.807) is 18.2 Å². The van der Waals surface area contributed by atoms with Crippen molar-refractivity contribution in [3.63, 3.8) is 0 Å². The molecule has 0 saturated carbocycles. The molecule has 37 heavy (non-hydrogen) atoms. The molecule has 0 bridgehead atoms. The van der Waals surface area contributed by atoms with Crippen LogP contribution >= 0.6 is 0 Å².